The van der Waals surface area contributed by atoms with Gasteiger partial charge in [-0.3, -0.25) is 0 Å². The van der Waals surface area contributed by atoms with Crippen molar-refractivity contribution in [3.8, 4) is 11.3 Å². The quantitative estimate of drug-likeness (QED) is 0.310. The van der Waals surface area contributed by atoms with Gasteiger partial charge in [0.2, 0.25) is 0 Å². The van der Waals surface area contributed by atoms with Crippen molar-refractivity contribution in [2.45, 2.75) is 0 Å². The Bertz CT molecular complexity index is 1220. The molecule has 128 valence electrons. The topological polar surface area (TPSA) is 13.1 Å². The number of hydrogen-bond donors (Lipinski definition) is 0. The Hall–Kier alpha value is -3.58. The minimum Gasteiger partial charge on any atom is -0.456 e. The Balaban J connectivity index is 1.44. The van der Waals surface area contributed by atoms with Crippen molar-refractivity contribution in [3.63, 3.8) is 0 Å². The van der Waals surface area contributed by atoms with E-state index < -0.39 is 0 Å². The minimum atomic E-state index is 0.904. The van der Waals surface area contributed by atoms with E-state index in [0.29, 0.717) is 0 Å². The van der Waals surface area contributed by atoms with Crippen LogP contribution in [0, 0.1) is 0 Å². The lowest BCUT2D eigenvalue weighted by atomic mass is 10.0. The fourth-order valence-corrected chi connectivity index (χ4v) is 3.46. The summed E-state index contributed by atoms with van der Waals surface area (Å²) in [5.41, 5.74) is 4.41. The Morgan fingerprint density at radius 1 is 0.593 bits per heavy atom. The first kappa shape index (κ1) is 15.7. The summed E-state index contributed by atoms with van der Waals surface area (Å²) in [5.74, 6) is 0.904. The Morgan fingerprint density at radius 3 is 2.19 bits per heavy atom. The van der Waals surface area contributed by atoms with E-state index in [2.05, 4.69) is 91.0 Å². The van der Waals surface area contributed by atoms with E-state index in [1.165, 1.54) is 21.9 Å². The molecule has 0 aliphatic heterocycles. The highest BCUT2D eigenvalue weighted by atomic mass is 16.3. The fraction of sp³-hybridized carbons (Fsp3) is 0. The maximum Gasteiger partial charge on any atom is 0.135 e. The van der Waals surface area contributed by atoms with Crippen molar-refractivity contribution in [2.75, 3.05) is 0 Å². The summed E-state index contributed by atoms with van der Waals surface area (Å²) in [6, 6.07) is 33.6. The molecule has 1 aromatic heterocycles. The van der Waals surface area contributed by atoms with Crippen molar-refractivity contribution in [2.24, 2.45) is 0 Å². The van der Waals surface area contributed by atoms with Crippen LogP contribution in [0.3, 0.4) is 0 Å². The van der Waals surface area contributed by atoms with Crippen LogP contribution in [0.5, 0.6) is 0 Å². The van der Waals surface area contributed by atoms with E-state index in [1.54, 1.807) is 0 Å². The molecule has 1 heterocycles. The number of para-hydroxylation sites is 1. The van der Waals surface area contributed by atoms with Gasteiger partial charge in [0.15, 0.2) is 0 Å². The molecule has 0 aliphatic carbocycles. The molecule has 0 atom stereocenters. The standard InChI is InChI=1S/C26H18O/c1-3-10-24-20(6-1)8-5-9-21(24)15-12-19-13-16-22(17-14-19)26-18-23-7-2-4-11-25(23)27-26/h1-18H. The van der Waals surface area contributed by atoms with Gasteiger partial charge in [0, 0.05) is 10.9 Å². The lowest BCUT2D eigenvalue weighted by Gasteiger charge is -2.02. The van der Waals surface area contributed by atoms with Gasteiger partial charge in [-0.15, -0.1) is 0 Å². The van der Waals surface area contributed by atoms with Crippen LogP contribution in [-0.4, -0.2) is 0 Å². The average Bonchev–Trinajstić information content (AvgIpc) is 3.17. The van der Waals surface area contributed by atoms with Crippen LogP contribution in [0.15, 0.2) is 101 Å². The van der Waals surface area contributed by atoms with Gasteiger partial charge in [0.25, 0.3) is 0 Å². The van der Waals surface area contributed by atoms with Gasteiger partial charge < -0.3 is 4.42 Å². The highest BCUT2D eigenvalue weighted by Gasteiger charge is 2.05. The Kier molecular flexibility index (Phi) is 3.84. The summed E-state index contributed by atoms with van der Waals surface area (Å²) in [4.78, 5) is 0. The Morgan fingerprint density at radius 2 is 1.33 bits per heavy atom. The van der Waals surface area contributed by atoms with Gasteiger partial charge in [-0.2, -0.15) is 0 Å². The average molecular weight is 346 g/mol. The number of fused-ring (bicyclic) bond motifs is 2. The van der Waals surface area contributed by atoms with Crippen LogP contribution in [0.2, 0.25) is 0 Å². The molecule has 1 heteroatoms. The molecule has 5 rings (SSSR count). The third kappa shape index (κ3) is 3.04. The smallest absolute Gasteiger partial charge is 0.135 e. The molecule has 0 bridgehead atoms. The minimum absolute atomic E-state index is 0.904. The van der Waals surface area contributed by atoms with Gasteiger partial charge in [-0.1, -0.05) is 97.1 Å². The second kappa shape index (κ2) is 6.62. The SMILES string of the molecule is C(=Cc1cccc2ccccc12)c1ccc(-c2cc3ccccc3o2)cc1. The summed E-state index contributed by atoms with van der Waals surface area (Å²) in [6.45, 7) is 0. The lowest BCUT2D eigenvalue weighted by molar-refractivity contribution is 0.631. The largest absolute Gasteiger partial charge is 0.456 e. The lowest BCUT2D eigenvalue weighted by Crippen LogP contribution is -1.78. The molecule has 0 amide bonds. The van der Waals surface area contributed by atoms with Gasteiger partial charge in [-0.25, -0.2) is 0 Å². The molecule has 0 N–H and O–H groups in total. The summed E-state index contributed by atoms with van der Waals surface area (Å²) in [7, 11) is 0. The molecule has 27 heavy (non-hydrogen) atoms. The maximum absolute atomic E-state index is 5.95. The first-order chi connectivity index (χ1) is 13.4. The molecule has 0 saturated carbocycles. The van der Waals surface area contributed by atoms with Gasteiger partial charge in [0.1, 0.15) is 11.3 Å². The molecule has 0 aliphatic rings. The fourth-order valence-electron chi connectivity index (χ4n) is 3.46. The molecule has 1 nitrogen and oxygen atoms in total. The number of benzene rings is 4. The highest BCUT2D eigenvalue weighted by molar-refractivity contribution is 5.92. The van der Waals surface area contributed by atoms with Crippen molar-refractivity contribution < 1.29 is 4.42 Å². The molecule has 0 saturated heterocycles. The second-order valence-corrected chi connectivity index (χ2v) is 6.67. The van der Waals surface area contributed by atoms with Gasteiger partial charge in [-0.05, 0) is 34.0 Å². The molecule has 0 unspecified atom stereocenters. The monoisotopic (exact) mass is 346 g/mol. The third-order valence-corrected chi connectivity index (χ3v) is 4.90. The molecule has 5 aromatic rings. The zero-order valence-electron chi connectivity index (χ0n) is 14.8. The zero-order chi connectivity index (χ0) is 18.1. The summed E-state index contributed by atoms with van der Waals surface area (Å²) in [6.07, 6.45) is 4.34. The molecule has 4 aromatic carbocycles. The van der Waals surface area contributed by atoms with Gasteiger partial charge >= 0.3 is 0 Å². The Labute approximate surface area is 158 Å². The second-order valence-electron chi connectivity index (χ2n) is 6.67. The highest BCUT2D eigenvalue weighted by Crippen LogP contribution is 2.28. The number of furan rings is 1. The van der Waals surface area contributed by atoms with Crippen molar-refractivity contribution in [3.05, 3.63) is 108 Å². The van der Waals surface area contributed by atoms with Crippen molar-refractivity contribution in [1.29, 1.82) is 0 Å². The normalized spacial score (nSPS) is 11.6. The molecular formula is C26H18O. The molecule has 0 fully saturated rings. The van der Waals surface area contributed by atoms with E-state index in [0.717, 1.165) is 22.3 Å². The van der Waals surface area contributed by atoms with E-state index in [-0.39, 0.29) is 0 Å². The van der Waals surface area contributed by atoms with E-state index in [4.69, 9.17) is 4.42 Å². The first-order valence-electron chi connectivity index (χ1n) is 9.12. The summed E-state index contributed by atoms with van der Waals surface area (Å²) in [5, 5.41) is 3.67. The number of hydrogen-bond acceptors (Lipinski definition) is 1. The van der Waals surface area contributed by atoms with Crippen LogP contribution in [0.1, 0.15) is 11.1 Å². The van der Waals surface area contributed by atoms with Crippen LogP contribution >= 0.6 is 0 Å². The predicted octanol–water partition coefficient (Wildman–Crippen LogP) is 7.42. The zero-order valence-corrected chi connectivity index (χ0v) is 14.8. The van der Waals surface area contributed by atoms with Crippen LogP contribution < -0.4 is 0 Å². The number of rotatable bonds is 3. The summed E-state index contributed by atoms with van der Waals surface area (Å²) < 4.78 is 5.95. The molecular weight excluding hydrogens is 328 g/mol. The maximum atomic E-state index is 5.95. The molecule has 0 radical (unpaired) electrons. The third-order valence-electron chi connectivity index (χ3n) is 4.90. The van der Waals surface area contributed by atoms with E-state index >= 15 is 0 Å². The first-order valence-corrected chi connectivity index (χ1v) is 9.12. The van der Waals surface area contributed by atoms with Crippen LogP contribution in [-0.2, 0) is 0 Å². The van der Waals surface area contributed by atoms with Crippen molar-refractivity contribution >= 4 is 33.9 Å². The van der Waals surface area contributed by atoms with E-state index in [1.807, 2.05) is 18.2 Å². The molecule has 0 spiro atoms. The summed E-state index contributed by atoms with van der Waals surface area (Å²) >= 11 is 0. The van der Waals surface area contributed by atoms with Crippen LogP contribution in [0.25, 0.3) is 45.2 Å². The van der Waals surface area contributed by atoms with Crippen LogP contribution in [0.4, 0.5) is 0 Å². The predicted molar refractivity (Wildman–Crippen MR) is 115 cm³/mol. The van der Waals surface area contributed by atoms with Crippen molar-refractivity contribution in [1.82, 2.24) is 0 Å². The van der Waals surface area contributed by atoms with Gasteiger partial charge in [0.05, 0.1) is 0 Å². The van der Waals surface area contributed by atoms with E-state index in [9.17, 15) is 0 Å².